The summed E-state index contributed by atoms with van der Waals surface area (Å²) >= 11 is 0. The lowest BCUT2D eigenvalue weighted by Crippen LogP contribution is -2.26. The van der Waals surface area contributed by atoms with Gasteiger partial charge in [0.2, 0.25) is 6.41 Å². The summed E-state index contributed by atoms with van der Waals surface area (Å²) < 4.78 is 10.2. The van der Waals surface area contributed by atoms with Gasteiger partial charge in [0.15, 0.2) is 11.5 Å². The first-order chi connectivity index (χ1) is 8.62. The molecule has 96 valence electrons. The van der Waals surface area contributed by atoms with Gasteiger partial charge in [-0.3, -0.25) is 14.9 Å². The number of hydrogen-bond donors (Lipinski definition) is 2. The van der Waals surface area contributed by atoms with Gasteiger partial charge in [-0.1, -0.05) is 6.07 Å². The smallest absolute Gasteiger partial charge is 0.273 e. The number of amides is 2. The van der Waals surface area contributed by atoms with Gasteiger partial charge in [0.1, 0.15) is 0 Å². The molecular formula is C12H14N2O4. The summed E-state index contributed by atoms with van der Waals surface area (Å²) in [4.78, 5) is 21.3. The summed E-state index contributed by atoms with van der Waals surface area (Å²) in [5.74, 6) is 0.445. The van der Waals surface area contributed by atoms with E-state index in [0.29, 0.717) is 17.1 Å². The highest BCUT2D eigenvalue weighted by Gasteiger charge is 2.06. The molecule has 3 N–H and O–H groups in total. The first kappa shape index (κ1) is 13.6. The SMILES string of the molecule is COc1ccc(/C=C(\N)C(=O)NC=O)cc1OC. The van der Waals surface area contributed by atoms with E-state index in [1.165, 1.54) is 20.3 Å². The summed E-state index contributed by atoms with van der Waals surface area (Å²) in [5.41, 5.74) is 6.10. The molecule has 6 nitrogen and oxygen atoms in total. The maximum atomic E-state index is 11.2. The van der Waals surface area contributed by atoms with Gasteiger partial charge in [-0.05, 0) is 23.8 Å². The second-order valence-corrected chi connectivity index (χ2v) is 3.31. The Morgan fingerprint density at radius 2 is 1.94 bits per heavy atom. The summed E-state index contributed by atoms with van der Waals surface area (Å²) in [6, 6.07) is 5.07. The molecule has 0 radical (unpaired) electrons. The van der Waals surface area contributed by atoms with Crippen LogP contribution in [0.2, 0.25) is 0 Å². The molecule has 6 heteroatoms. The molecule has 0 saturated carbocycles. The topological polar surface area (TPSA) is 90.6 Å². The van der Waals surface area contributed by atoms with Crippen LogP contribution in [-0.4, -0.2) is 26.5 Å². The minimum absolute atomic E-state index is 0.0747. The first-order valence-electron chi connectivity index (χ1n) is 5.06. The number of nitrogens with one attached hydrogen (secondary N) is 1. The van der Waals surface area contributed by atoms with Crippen molar-refractivity contribution in [3.05, 3.63) is 29.5 Å². The van der Waals surface area contributed by atoms with Crippen LogP contribution >= 0.6 is 0 Å². The van der Waals surface area contributed by atoms with Crippen molar-refractivity contribution >= 4 is 18.4 Å². The summed E-state index contributed by atoms with van der Waals surface area (Å²) in [6.45, 7) is 0. The number of ether oxygens (including phenoxy) is 2. The fourth-order valence-electron chi connectivity index (χ4n) is 1.32. The zero-order valence-corrected chi connectivity index (χ0v) is 10.1. The number of imide groups is 1. The van der Waals surface area contributed by atoms with Crippen LogP contribution in [-0.2, 0) is 9.59 Å². The average Bonchev–Trinajstić information content (AvgIpc) is 2.38. The predicted molar refractivity (Wildman–Crippen MR) is 65.9 cm³/mol. The number of carbonyl (C=O) groups is 2. The molecule has 0 aliphatic heterocycles. The Morgan fingerprint density at radius 3 is 2.50 bits per heavy atom. The molecule has 0 aliphatic rings. The van der Waals surface area contributed by atoms with Gasteiger partial charge in [-0.15, -0.1) is 0 Å². The Labute approximate surface area is 104 Å². The number of hydrogen-bond acceptors (Lipinski definition) is 5. The standard InChI is InChI=1S/C12H14N2O4/c1-17-10-4-3-8(6-11(10)18-2)5-9(13)12(16)14-7-15/h3-7H,13H2,1-2H3,(H,14,15,16)/b9-5-. The molecule has 0 unspecified atom stereocenters. The Bertz CT molecular complexity index is 483. The van der Waals surface area contributed by atoms with Gasteiger partial charge in [0, 0.05) is 0 Å². The van der Waals surface area contributed by atoms with Crippen LogP contribution in [0.1, 0.15) is 5.56 Å². The van der Waals surface area contributed by atoms with E-state index in [2.05, 4.69) is 0 Å². The number of methoxy groups -OCH3 is 2. The van der Waals surface area contributed by atoms with Gasteiger partial charge < -0.3 is 15.2 Å². The minimum atomic E-state index is -0.653. The van der Waals surface area contributed by atoms with E-state index >= 15 is 0 Å². The van der Waals surface area contributed by atoms with Crippen LogP contribution in [0.4, 0.5) is 0 Å². The van der Waals surface area contributed by atoms with Crippen molar-refractivity contribution in [2.75, 3.05) is 14.2 Å². The largest absolute Gasteiger partial charge is 0.493 e. The van der Waals surface area contributed by atoms with E-state index in [1.54, 1.807) is 18.2 Å². The average molecular weight is 250 g/mol. The third-order valence-electron chi connectivity index (χ3n) is 2.18. The fourth-order valence-corrected chi connectivity index (χ4v) is 1.32. The normalized spacial score (nSPS) is 10.7. The third-order valence-corrected chi connectivity index (χ3v) is 2.18. The summed E-state index contributed by atoms with van der Waals surface area (Å²) in [5, 5.41) is 1.95. The second-order valence-electron chi connectivity index (χ2n) is 3.31. The highest BCUT2D eigenvalue weighted by atomic mass is 16.5. The van der Waals surface area contributed by atoms with Gasteiger partial charge in [-0.25, -0.2) is 0 Å². The van der Waals surface area contributed by atoms with E-state index in [4.69, 9.17) is 15.2 Å². The molecule has 1 aromatic rings. The van der Waals surface area contributed by atoms with E-state index < -0.39 is 5.91 Å². The Balaban J connectivity index is 3.00. The van der Waals surface area contributed by atoms with Crippen molar-refractivity contribution in [3.63, 3.8) is 0 Å². The Morgan fingerprint density at radius 1 is 1.28 bits per heavy atom. The lowest BCUT2D eigenvalue weighted by Gasteiger charge is -2.08. The molecule has 0 aliphatic carbocycles. The zero-order valence-electron chi connectivity index (χ0n) is 10.1. The summed E-state index contributed by atoms with van der Waals surface area (Å²) in [7, 11) is 3.03. The van der Waals surface area contributed by atoms with Gasteiger partial charge in [0.05, 0.1) is 19.9 Å². The lowest BCUT2D eigenvalue weighted by atomic mass is 10.1. The molecule has 1 rings (SSSR count). The molecule has 0 spiro atoms. The van der Waals surface area contributed by atoms with E-state index in [0.717, 1.165) is 0 Å². The number of nitrogens with two attached hydrogens (primary N) is 1. The van der Waals surface area contributed by atoms with Crippen LogP contribution < -0.4 is 20.5 Å². The van der Waals surface area contributed by atoms with E-state index in [-0.39, 0.29) is 12.1 Å². The van der Waals surface area contributed by atoms with Crippen LogP contribution in [0, 0.1) is 0 Å². The van der Waals surface area contributed by atoms with Gasteiger partial charge in [0.25, 0.3) is 5.91 Å². The van der Waals surface area contributed by atoms with Crippen LogP contribution in [0.3, 0.4) is 0 Å². The van der Waals surface area contributed by atoms with Crippen LogP contribution in [0.15, 0.2) is 23.9 Å². The zero-order chi connectivity index (χ0) is 13.5. The molecule has 2 amide bonds. The van der Waals surface area contributed by atoms with Crippen LogP contribution in [0.5, 0.6) is 11.5 Å². The molecule has 1 aromatic carbocycles. The highest BCUT2D eigenvalue weighted by molar-refractivity contribution is 6.01. The second kappa shape index (κ2) is 6.29. The molecule has 0 fully saturated rings. The highest BCUT2D eigenvalue weighted by Crippen LogP contribution is 2.28. The molecular weight excluding hydrogens is 236 g/mol. The maximum Gasteiger partial charge on any atom is 0.273 e. The molecule has 0 heterocycles. The first-order valence-corrected chi connectivity index (χ1v) is 5.06. The van der Waals surface area contributed by atoms with Crippen molar-refractivity contribution < 1.29 is 19.1 Å². The lowest BCUT2D eigenvalue weighted by molar-refractivity contribution is -0.122. The molecule has 0 aromatic heterocycles. The third kappa shape index (κ3) is 3.24. The van der Waals surface area contributed by atoms with E-state index in [9.17, 15) is 9.59 Å². The van der Waals surface area contributed by atoms with Crippen molar-refractivity contribution in [1.82, 2.24) is 5.32 Å². The maximum absolute atomic E-state index is 11.2. The van der Waals surface area contributed by atoms with E-state index in [1.807, 2.05) is 5.32 Å². The monoisotopic (exact) mass is 250 g/mol. The quantitative estimate of drug-likeness (QED) is 0.578. The predicted octanol–water partition coefficient (Wildman–Crippen LogP) is 0.276. The fraction of sp³-hybridized carbons (Fsp3) is 0.167. The molecule has 0 atom stereocenters. The minimum Gasteiger partial charge on any atom is -0.493 e. The van der Waals surface area contributed by atoms with Crippen molar-refractivity contribution in [3.8, 4) is 11.5 Å². The number of rotatable bonds is 5. The molecule has 0 bridgehead atoms. The van der Waals surface area contributed by atoms with Crippen LogP contribution in [0.25, 0.3) is 6.08 Å². The number of benzene rings is 1. The van der Waals surface area contributed by atoms with Crippen molar-refractivity contribution in [2.45, 2.75) is 0 Å². The van der Waals surface area contributed by atoms with Gasteiger partial charge >= 0.3 is 0 Å². The van der Waals surface area contributed by atoms with Crippen molar-refractivity contribution in [1.29, 1.82) is 0 Å². The van der Waals surface area contributed by atoms with Gasteiger partial charge in [-0.2, -0.15) is 0 Å². The Kier molecular flexibility index (Phi) is 4.74. The number of carbonyl (C=O) groups excluding carboxylic acids is 2. The molecule has 18 heavy (non-hydrogen) atoms. The molecule has 0 saturated heterocycles. The summed E-state index contributed by atoms with van der Waals surface area (Å²) in [6.07, 6.45) is 1.71. The van der Waals surface area contributed by atoms with Crippen molar-refractivity contribution in [2.24, 2.45) is 5.73 Å². The Hall–Kier alpha value is -2.50.